The molecule has 0 amide bonds. The molecule has 2 heterocycles. The Bertz CT molecular complexity index is 1390. The fourth-order valence-electron chi connectivity index (χ4n) is 6.73. The minimum Gasteiger partial charge on any atom is -0.479 e. The van der Waals surface area contributed by atoms with Crippen LogP contribution in [0.15, 0.2) is 23.3 Å². The summed E-state index contributed by atoms with van der Waals surface area (Å²) in [6, 6.07) is 1.59. The number of thiocarbonyl (C=S) groups is 1. The average Bonchev–Trinajstić information content (AvgIpc) is 2.84. The lowest BCUT2D eigenvalue weighted by atomic mass is 9.70. The quantitative estimate of drug-likeness (QED) is 0.508. The number of carbonyl (C=O) groups excluding carboxylic acids is 1. The van der Waals surface area contributed by atoms with Crippen LogP contribution in [0.5, 0.6) is 0 Å². The number of carbonyl (C=O) groups is 1. The number of hydrogen-bond acceptors (Lipinski definition) is 5. The van der Waals surface area contributed by atoms with Crippen LogP contribution in [0.2, 0.25) is 0 Å². The Morgan fingerprint density at radius 3 is 2.74 bits per heavy atom. The molecule has 3 atom stereocenters. The molecular formula is C29H30FNO3S. The zero-order valence-corrected chi connectivity index (χ0v) is 21.3. The molecule has 1 aliphatic heterocycles. The van der Waals surface area contributed by atoms with Crippen molar-refractivity contribution in [1.82, 2.24) is 4.98 Å². The number of allylic oxidation sites excluding steroid dienone is 1. The van der Waals surface area contributed by atoms with Crippen LogP contribution in [0.1, 0.15) is 79.8 Å². The summed E-state index contributed by atoms with van der Waals surface area (Å²) in [5.41, 5.74) is 6.66. The summed E-state index contributed by atoms with van der Waals surface area (Å²) < 4.78 is 20.5. The first-order chi connectivity index (χ1) is 16.7. The van der Waals surface area contributed by atoms with Crippen molar-refractivity contribution < 1.29 is 19.0 Å². The molecular weight excluding hydrogens is 461 g/mol. The van der Waals surface area contributed by atoms with Crippen LogP contribution in [-0.4, -0.2) is 33.1 Å². The van der Waals surface area contributed by atoms with Gasteiger partial charge in [0.1, 0.15) is 12.4 Å². The number of pyridine rings is 1. The smallest absolute Gasteiger partial charge is 0.196 e. The maximum atomic E-state index is 14.9. The third-order valence-electron chi connectivity index (χ3n) is 8.84. The molecule has 35 heavy (non-hydrogen) atoms. The summed E-state index contributed by atoms with van der Waals surface area (Å²) in [5.74, 6) is 0.346. The number of ketones is 1. The van der Waals surface area contributed by atoms with E-state index in [1.165, 1.54) is 11.1 Å². The molecule has 4 aliphatic rings. The normalized spacial score (nSPS) is 29.5. The monoisotopic (exact) mass is 491 g/mol. The first kappa shape index (κ1) is 23.0. The highest BCUT2D eigenvalue weighted by atomic mass is 32.1. The number of rotatable bonds is 1. The number of aliphatic hydroxyl groups is 1. The number of nitrogens with zero attached hydrogens (tertiary/aromatic N) is 1. The third kappa shape index (κ3) is 3.22. The minimum atomic E-state index is -1.49. The van der Waals surface area contributed by atoms with E-state index in [2.05, 4.69) is 6.92 Å². The van der Waals surface area contributed by atoms with Gasteiger partial charge in [0.25, 0.3) is 0 Å². The lowest BCUT2D eigenvalue weighted by molar-refractivity contribution is -0.116. The second kappa shape index (κ2) is 8.04. The number of fused-ring (bicyclic) bond motifs is 4. The number of ether oxygens (including phenoxy) is 1. The second-order valence-corrected chi connectivity index (χ2v) is 11.0. The second-order valence-electron chi connectivity index (χ2n) is 10.6. The standard InChI is InChI=1S/C29H30FNO3S/c1-4-29(33)21-11-19-16(7-10-24(32)20(21)13-34-28(29)35)6-9-18-25-14(2)5-8-17-15(3)22(30)12-23(26(17)25)31-27(18)19/h11-12,14,16,33H,4-10,13H2,1-3H3/b19-11+/t14-,16?,29-/m0/s1. The first-order valence-electron chi connectivity index (χ1n) is 12.8. The van der Waals surface area contributed by atoms with Gasteiger partial charge >= 0.3 is 0 Å². The van der Waals surface area contributed by atoms with Gasteiger partial charge in [0.2, 0.25) is 0 Å². The largest absolute Gasteiger partial charge is 0.479 e. The van der Waals surface area contributed by atoms with Gasteiger partial charge in [-0.15, -0.1) is 0 Å². The van der Waals surface area contributed by atoms with Crippen LogP contribution in [0.3, 0.4) is 0 Å². The maximum absolute atomic E-state index is 14.9. The molecule has 1 unspecified atom stereocenters. The number of aryl methyl sites for hydroxylation is 1. The van der Waals surface area contributed by atoms with E-state index in [1.54, 1.807) is 6.07 Å². The van der Waals surface area contributed by atoms with Crippen molar-refractivity contribution in [2.45, 2.75) is 77.2 Å². The Morgan fingerprint density at radius 2 is 1.97 bits per heavy atom. The summed E-state index contributed by atoms with van der Waals surface area (Å²) in [4.78, 5) is 18.2. The summed E-state index contributed by atoms with van der Waals surface area (Å²) in [7, 11) is 0. The molecule has 1 aromatic carbocycles. The van der Waals surface area contributed by atoms with Crippen molar-refractivity contribution in [1.29, 1.82) is 0 Å². The Hall–Kier alpha value is -2.44. The number of benzene rings is 1. The fraction of sp³-hybridized carbons (Fsp3) is 0.483. The Morgan fingerprint density at radius 1 is 1.23 bits per heavy atom. The lowest BCUT2D eigenvalue weighted by Crippen LogP contribution is -2.45. The van der Waals surface area contributed by atoms with Gasteiger partial charge < -0.3 is 9.84 Å². The van der Waals surface area contributed by atoms with Crippen molar-refractivity contribution in [3.63, 3.8) is 0 Å². The SMILES string of the molecule is CC[C@@]1(O)C(=S)OCC2=C1/C=C1/c3nc4cc(F)c(C)c5c4c(c3CCC1CCC2=O)[C@@H](C)CC5. The van der Waals surface area contributed by atoms with Crippen LogP contribution in [0.25, 0.3) is 16.5 Å². The summed E-state index contributed by atoms with van der Waals surface area (Å²) in [6.45, 7) is 6.09. The van der Waals surface area contributed by atoms with Gasteiger partial charge in [0.15, 0.2) is 16.4 Å². The predicted molar refractivity (Wildman–Crippen MR) is 138 cm³/mol. The van der Waals surface area contributed by atoms with Gasteiger partial charge in [0, 0.05) is 29.0 Å². The van der Waals surface area contributed by atoms with E-state index in [-0.39, 0.29) is 29.2 Å². The van der Waals surface area contributed by atoms with Gasteiger partial charge in [-0.3, -0.25) is 4.79 Å². The highest BCUT2D eigenvalue weighted by Gasteiger charge is 2.44. The van der Waals surface area contributed by atoms with E-state index in [9.17, 15) is 14.3 Å². The molecule has 0 saturated carbocycles. The zero-order chi connectivity index (χ0) is 24.6. The highest BCUT2D eigenvalue weighted by Crippen LogP contribution is 2.48. The molecule has 4 nitrogen and oxygen atoms in total. The summed E-state index contributed by atoms with van der Waals surface area (Å²) in [6.07, 6.45) is 7.14. The van der Waals surface area contributed by atoms with E-state index < -0.39 is 5.60 Å². The molecule has 0 bridgehead atoms. The molecule has 0 radical (unpaired) electrons. The Kier molecular flexibility index (Phi) is 5.28. The van der Waals surface area contributed by atoms with E-state index >= 15 is 0 Å². The molecule has 3 aliphatic carbocycles. The molecule has 6 rings (SSSR count). The molecule has 2 aromatic rings. The van der Waals surface area contributed by atoms with E-state index in [0.29, 0.717) is 35.4 Å². The average molecular weight is 492 g/mol. The van der Waals surface area contributed by atoms with Crippen molar-refractivity contribution in [2.24, 2.45) is 5.92 Å². The van der Waals surface area contributed by atoms with E-state index in [4.69, 9.17) is 21.9 Å². The summed E-state index contributed by atoms with van der Waals surface area (Å²) >= 11 is 5.41. The van der Waals surface area contributed by atoms with Gasteiger partial charge in [-0.25, -0.2) is 9.37 Å². The van der Waals surface area contributed by atoms with Crippen LogP contribution in [0.4, 0.5) is 4.39 Å². The number of aromatic nitrogens is 1. The predicted octanol–water partition coefficient (Wildman–Crippen LogP) is 5.84. The Labute approximate surface area is 210 Å². The van der Waals surface area contributed by atoms with Crippen molar-refractivity contribution in [3.8, 4) is 0 Å². The molecule has 0 spiro atoms. The van der Waals surface area contributed by atoms with Crippen molar-refractivity contribution >= 4 is 39.5 Å². The topological polar surface area (TPSA) is 59.4 Å². The van der Waals surface area contributed by atoms with Crippen molar-refractivity contribution in [2.75, 3.05) is 6.61 Å². The third-order valence-corrected chi connectivity index (χ3v) is 9.30. The molecule has 6 heteroatoms. The van der Waals surface area contributed by atoms with Crippen molar-refractivity contribution in [3.05, 3.63) is 57.1 Å². The molecule has 0 fully saturated rings. The number of hydrogen-bond donors (Lipinski definition) is 1. The highest BCUT2D eigenvalue weighted by molar-refractivity contribution is 7.80. The van der Waals surface area contributed by atoms with Gasteiger partial charge in [-0.05, 0) is 103 Å². The van der Waals surface area contributed by atoms with Crippen LogP contribution >= 0.6 is 12.2 Å². The summed E-state index contributed by atoms with van der Waals surface area (Å²) in [5, 5.41) is 12.8. The van der Waals surface area contributed by atoms with E-state index in [0.717, 1.165) is 59.9 Å². The zero-order valence-electron chi connectivity index (χ0n) is 20.5. The minimum absolute atomic E-state index is 0.0212. The van der Waals surface area contributed by atoms with E-state index in [1.807, 2.05) is 19.9 Å². The molecule has 1 N–H and O–H groups in total. The number of halogens is 1. The number of Topliss-reactive ketones (excluding diaryl/α,β-unsaturated/α-hetero) is 1. The fourth-order valence-corrected chi connectivity index (χ4v) is 7.04. The molecule has 182 valence electrons. The maximum Gasteiger partial charge on any atom is 0.196 e. The van der Waals surface area contributed by atoms with Gasteiger partial charge in [0.05, 0.1) is 11.2 Å². The lowest BCUT2D eigenvalue weighted by Gasteiger charge is -2.38. The Balaban J connectivity index is 1.67. The van der Waals surface area contributed by atoms with Crippen LogP contribution in [-0.2, 0) is 22.4 Å². The van der Waals surface area contributed by atoms with Gasteiger partial charge in [-0.2, -0.15) is 0 Å². The first-order valence-corrected chi connectivity index (χ1v) is 13.2. The molecule has 0 saturated heterocycles. The molecule has 1 aromatic heterocycles. The van der Waals surface area contributed by atoms with Crippen LogP contribution < -0.4 is 0 Å². The van der Waals surface area contributed by atoms with Crippen LogP contribution in [0, 0.1) is 18.7 Å². The van der Waals surface area contributed by atoms with Gasteiger partial charge in [-0.1, -0.05) is 13.8 Å².